The maximum Gasteiger partial charge on any atom is 0.435 e. The fourth-order valence-corrected chi connectivity index (χ4v) is 7.82. The van der Waals surface area contributed by atoms with Crippen LogP contribution in [0.3, 0.4) is 0 Å². The van der Waals surface area contributed by atoms with Crippen molar-refractivity contribution < 1.29 is 22.7 Å². The summed E-state index contributed by atoms with van der Waals surface area (Å²) in [6.07, 6.45) is 3.00. The maximum atomic E-state index is 14.7. The fraction of sp³-hybridized carbons (Fsp3) is 0.405. The summed E-state index contributed by atoms with van der Waals surface area (Å²) in [5.74, 6) is -0.249. The molecule has 3 aliphatic rings. The lowest BCUT2D eigenvalue weighted by molar-refractivity contribution is -0.141. The van der Waals surface area contributed by atoms with Crippen LogP contribution >= 0.6 is 0 Å². The topological polar surface area (TPSA) is 84.6 Å². The number of aromatic nitrogens is 5. The van der Waals surface area contributed by atoms with Crippen molar-refractivity contribution in [1.82, 2.24) is 29.2 Å². The second-order valence-corrected chi connectivity index (χ2v) is 13.5. The van der Waals surface area contributed by atoms with Gasteiger partial charge in [0.05, 0.1) is 42.5 Å². The molecular formula is C37H39F3N8O2. The van der Waals surface area contributed by atoms with Crippen LogP contribution in [0, 0.1) is 6.92 Å². The largest absolute Gasteiger partial charge is 0.435 e. The lowest BCUT2D eigenvalue weighted by atomic mass is 9.87. The number of ether oxygens (including phenoxy) is 1. The van der Waals surface area contributed by atoms with Gasteiger partial charge in [-0.05, 0) is 72.4 Å². The summed E-state index contributed by atoms with van der Waals surface area (Å²) in [5.41, 5.74) is 5.66. The molecule has 2 aromatic carbocycles. The van der Waals surface area contributed by atoms with E-state index in [0.29, 0.717) is 54.4 Å². The molecule has 10 nitrogen and oxygen atoms in total. The van der Waals surface area contributed by atoms with Gasteiger partial charge >= 0.3 is 6.18 Å². The molecule has 0 spiro atoms. The van der Waals surface area contributed by atoms with Gasteiger partial charge in [0.1, 0.15) is 0 Å². The van der Waals surface area contributed by atoms with Gasteiger partial charge in [-0.3, -0.25) is 19.4 Å². The van der Waals surface area contributed by atoms with Gasteiger partial charge in [-0.1, -0.05) is 6.92 Å². The Labute approximate surface area is 288 Å². The molecule has 2 fully saturated rings. The monoisotopic (exact) mass is 684 g/mol. The van der Waals surface area contributed by atoms with E-state index in [2.05, 4.69) is 38.9 Å². The summed E-state index contributed by atoms with van der Waals surface area (Å²) >= 11 is 0. The summed E-state index contributed by atoms with van der Waals surface area (Å²) in [5, 5.41) is 4.68. The van der Waals surface area contributed by atoms with Crippen molar-refractivity contribution in [3.8, 4) is 11.1 Å². The van der Waals surface area contributed by atoms with E-state index >= 15 is 0 Å². The molecule has 13 heteroatoms. The third kappa shape index (κ3) is 5.81. The molecule has 8 rings (SSSR count). The number of anilines is 2. The van der Waals surface area contributed by atoms with Crippen molar-refractivity contribution in [2.45, 2.75) is 45.5 Å². The van der Waals surface area contributed by atoms with E-state index in [1.54, 1.807) is 29.7 Å². The van der Waals surface area contributed by atoms with Crippen molar-refractivity contribution in [3.05, 3.63) is 88.9 Å². The number of benzene rings is 2. The van der Waals surface area contributed by atoms with E-state index in [1.165, 1.54) is 17.9 Å². The van der Waals surface area contributed by atoms with Crippen molar-refractivity contribution in [2.75, 3.05) is 55.7 Å². The number of nitrogens with zero attached hydrogens (tertiary/aromatic N) is 8. The average Bonchev–Trinajstić information content (AvgIpc) is 3.77. The molecule has 5 aromatic rings. The number of halogens is 3. The van der Waals surface area contributed by atoms with Gasteiger partial charge in [0.2, 0.25) is 0 Å². The molecular weight excluding hydrogens is 645 g/mol. The van der Waals surface area contributed by atoms with E-state index < -0.39 is 11.9 Å². The van der Waals surface area contributed by atoms with Gasteiger partial charge in [-0.15, -0.1) is 0 Å². The lowest BCUT2D eigenvalue weighted by Gasteiger charge is -2.44. The van der Waals surface area contributed by atoms with Gasteiger partial charge < -0.3 is 19.1 Å². The first-order valence-electron chi connectivity index (χ1n) is 17.1. The average molecular weight is 685 g/mol. The number of imidazole rings is 1. The van der Waals surface area contributed by atoms with Crippen LogP contribution in [-0.2, 0) is 37.3 Å². The number of carbonyl (C=O) groups excluding carboxylic acids is 1. The van der Waals surface area contributed by atoms with Gasteiger partial charge in [0, 0.05) is 87.1 Å². The molecule has 260 valence electrons. The zero-order valence-corrected chi connectivity index (χ0v) is 28.4. The third-order valence-corrected chi connectivity index (χ3v) is 10.2. The van der Waals surface area contributed by atoms with Crippen molar-refractivity contribution >= 4 is 28.2 Å². The first-order valence-corrected chi connectivity index (χ1v) is 17.1. The standard InChI is InChI=1S/C37H39F3N8O2/c1-4-24-14-30-32(13-23(2)42-34(30)33(17-24)47-10-9-46-11-12-50-21-26(46)19-47)48-7-5-27-28(31-20-44(3)43-35(31)37(38,39)40)15-25(16-29(27)36(48)49)18-45-8-6-41-22-45/h6,8,13-17,20,22,26H,4-5,7,9-12,18-19,21H2,1-3H3/t26-/m1/s1. The smallest absolute Gasteiger partial charge is 0.378 e. The molecule has 1 amide bonds. The second-order valence-electron chi connectivity index (χ2n) is 13.5. The van der Waals surface area contributed by atoms with Crippen LogP contribution in [0.25, 0.3) is 22.0 Å². The molecule has 0 saturated carbocycles. The van der Waals surface area contributed by atoms with E-state index in [1.807, 2.05) is 23.6 Å². The van der Waals surface area contributed by atoms with Crippen LogP contribution in [0.2, 0.25) is 0 Å². The van der Waals surface area contributed by atoms with Gasteiger partial charge in [0.25, 0.3) is 5.91 Å². The maximum absolute atomic E-state index is 14.7. The van der Waals surface area contributed by atoms with Crippen molar-refractivity contribution in [1.29, 1.82) is 0 Å². The molecule has 0 bridgehead atoms. The summed E-state index contributed by atoms with van der Waals surface area (Å²) in [7, 11) is 1.48. The normalized spacial score (nSPS) is 18.5. The number of morpholine rings is 1. The molecule has 2 saturated heterocycles. The van der Waals surface area contributed by atoms with Gasteiger partial charge in [-0.25, -0.2) is 4.98 Å². The number of pyridine rings is 1. The number of carbonyl (C=O) groups is 1. The summed E-state index contributed by atoms with van der Waals surface area (Å²) in [6, 6.07) is 10.2. The van der Waals surface area contributed by atoms with Gasteiger partial charge in [0.15, 0.2) is 5.69 Å². The molecule has 0 N–H and O–H groups in total. The molecule has 1 atom stereocenters. The SMILES string of the molecule is CCc1cc(N2CCN3CCOC[C@H]3C2)c2nc(C)cc(N3CCc4c(cc(Cn5ccnc5)cc4-c4cn(C)nc4C(F)(F)F)C3=O)c2c1. The predicted octanol–water partition coefficient (Wildman–Crippen LogP) is 5.49. The third-order valence-electron chi connectivity index (χ3n) is 10.2. The minimum Gasteiger partial charge on any atom is -0.378 e. The Morgan fingerprint density at radius 3 is 2.60 bits per heavy atom. The van der Waals surface area contributed by atoms with Crippen LogP contribution in [0.4, 0.5) is 24.5 Å². The molecule has 0 unspecified atom stereocenters. The zero-order valence-electron chi connectivity index (χ0n) is 28.4. The number of aryl methyl sites for hydroxylation is 3. The van der Waals surface area contributed by atoms with E-state index in [0.717, 1.165) is 72.7 Å². The number of hydrogen-bond acceptors (Lipinski definition) is 7. The summed E-state index contributed by atoms with van der Waals surface area (Å²) in [4.78, 5) is 30.6. The van der Waals surface area contributed by atoms with Crippen LogP contribution in [0.5, 0.6) is 0 Å². The van der Waals surface area contributed by atoms with Crippen molar-refractivity contribution in [2.24, 2.45) is 7.05 Å². The Bertz CT molecular complexity index is 2090. The molecule has 6 heterocycles. The molecule has 0 radical (unpaired) electrons. The number of fused-ring (bicyclic) bond motifs is 3. The minimum absolute atomic E-state index is 0.0316. The first kappa shape index (κ1) is 32.5. The number of hydrogen-bond donors (Lipinski definition) is 0. The number of piperazine rings is 1. The Kier molecular flexibility index (Phi) is 8.14. The Morgan fingerprint density at radius 2 is 1.82 bits per heavy atom. The predicted molar refractivity (Wildman–Crippen MR) is 185 cm³/mol. The van der Waals surface area contributed by atoms with Crippen LogP contribution in [0.1, 0.15) is 45.4 Å². The van der Waals surface area contributed by atoms with Crippen LogP contribution in [0.15, 0.2) is 55.2 Å². The number of amides is 1. The zero-order chi connectivity index (χ0) is 34.7. The molecule has 50 heavy (non-hydrogen) atoms. The lowest BCUT2D eigenvalue weighted by Crippen LogP contribution is -2.58. The highest BCUT2D eigenvalue weighted by Crippen LogP contribution is 2.42. The van der Waals surface area contributed by atoms with E-state index in [9.17, 15) is 18.0 Å². The first-order chi connectivity index (χ1) is 24.1. The van der Waals surface area contributed by atoms with Crippen LogP contribution < -0.4 is 9.80 Å². The highest BCUT2D eigenvalue weighted by molar-refractivity contribution is 6.14. The van der Waals surface area contributed by atoms with E-state index in [4.69, 9.17) is 9.72 Å². The number of rotatable bonds is 6. The number of alkyl halides is 3. The Balaban J connectivity index is 1.24. The second kappa shape index (κ2) is 12.5. The minimum atomic E-state index is -4.66. The Hall–Kier alpha value is -4.75. The van der Waals surface area contributed by atoms with Gasteiger partial charge in [-0.2, -0.15) is 18.3 Å². The highest BCUT2D eigenvalue weighted by atomic mass is 19.4. The molecule has 3 aliphatic heterocycles. The fourth-order valence-electron chi connectivity index (χ4n) is 7.82. The van der Waals surface area contributed by atoms with Crippen molar-refractivity contribution in [3.63, 3.8) is 0 Å². The molecule has 0 aliphatic carbocycles. The Morgan fingerprint density at radius 1 is 0.980 bits per heavy atom. The quantitative estimate of drug-likeness (QED) is 0.234. The van der Waals surface area contributed by atoms with Crippen LogP contribution in [-0.4, -0.2) is 87.1 Å². The highest BCUT2D eigenvalue weighted by Gasteiger charge is 2.39. The summed E-state index contributed by atoms with van der Waals surface area (Å²) in [6.45, 7) is 9.78. The summed E-state index contributed by atoms with van der Waals surface area (Å²) < 4.78 is 51.6. The molecule has 3 aromatic heterocycles. The van der Waals surface area contributed by atoms with E-state index in [-0.39, 0.29) is 11.5 Å².